The van der Waals surface area contributed by atoms with Gasteiger partial charge in [0.05, 0.1) is 12.5 Å². The van der Waals surface area contributed by atoms with Crippen LogP contribution in [0.15, 0.2) is 4.42 Å². The lowest BCUT2D eigenvalue weighted by Crippen LogP contribution is -2.11. The number of carbonyl (C=O) groups excluding carboxylic acids is 1. The average molecular weight is 247 g/mol. The molecule has 1 N–H and O–H groups in total. The number of carboxylic acids is 1. The summed E-state index contributed by atoms with van der Waals surface area (Å²) in [6.07, 6.45) is 0. The van der Waals surface area contributed by atoms with Gasteiger partial charge < -0.3 is 14.3 Å². The Morgan fingerprint density at radius 3 is 2.50 bits per heavy atom. The Morgan fingerprint density at radius 2 is 2.06 bits per heavy atom. The molecule has 0 aromatic carbocycles. The third-order valence-electron chi connectivity index (χ3n) is 1.97. The molecule has 5 nitrogen and oxygen atoms in total. The van der Waals surface area contributed by atoms with Crippen molar-refractivity contribution in [3.8, 4) is 0 Å². The van der Waals surface area contributed by atoms with E-state index in [9.17, 15) is 9.59 Å². The summed E-state index contributed by atoms with van der Waals surface area (Å²) in [5.41, 5.74) is -0.282. The van der Waals surface area contributed by atoms with E-state index in [1.807, 2.05) is 0 Å². The number of halogens is 1. The zero-order valence-electron chi connectivity index (χ0n) is 8.87. The van der Waals surface area contributed by atoms with E-state index in [-0.39, 0.29) is 35.1 Å². The zero-order valence-corrected chi connectivity index (χ0v) is 9.63. The van der Waals surface area contributed by atoms with Gasteiger partial charge in [-0.15, -0.1) is 11.6 Å². The van der Waals surface area contributed by atoms with Crippen molar-refractivity contribution in [3.05, 3.63) is 22.6 Å². The highest BCUT2D eigenvalue weighted by molar-refractivity contribution is 6.17. The standard InChI is InChI=1S/C10H11ClO5/c1-3-15-10(14)7-5(2)16-6(4-11)8(7)9(12)13/h3-4H2,1-2H3,(H,12,13). The normalized spacial score (nSPS) is 10.2. The van der Waals surface area contributed by atoms with Gasteiger partial charge in [0.1, 0.15) is 22.6 Å². The molecule has 1 aromatic heterocycles. The molecule has 6 heteroatoms. The van der Waals surface area contributed by atoms with Crippen molar-refractivity contribution in [1.82, 2.24) is 0 Å². The van der Waals surface area contributed by atoms with Crippen molar-refractivity contribution >= 4 is 23.5 Å². The van der Waals surface area contributed by atoms with Crippen molar-refractivity contribution in [3.63, 3.8) is 0 Å². The minimum absolute atomic E-state index is 0.0646. The number of aryl methyl sites for hydroxylation is 1. The first-order valence-electron chi connectivity index (χ1n) is 4.61. The number of ether oxygens (including phenoxy) is 1. The molecule has 0 aliphatic heterocycles. The highest BCUT2D eigenvalue weighted by Crippen LogP contribution is 2.24. The Balaban J connectivity index is 3.30. The van der Waals surface area contributed by atoms with Crippen LogP contribution in [0, 0.1) is 6.92 Å². The summed E-state index contributed by atoms with van der Waals surface area (Å²) in [6, 6.07) is 0. The first kappa shape index (κ1) is 12.6. The highest BCUT2D eigenvalue weighted by atomic mass is 35.5. The smallest absolute Gasteiger partial charge is 0.342 e. The number of rotatable bonds is 4. The fraction of sp³-hybridized carbons (Fsp3) is 0.400. The van der Waals surface area contributed by atoms with Crippen LogP contribution >= 0.6 is 11.6 Å². The summed E-state index contributed by atoms with van der Waals surface area (Å²) >= 11 is 5.53. The third-order valence-corrected chi connectivity index (χ3v) is 2.21. The van der Waals surface area contributed by atoms with Gasteiger partial charge in [-0.05, 0) is 13.8 Å². The van der Waals surface area contributed by atoms with E-state index in [4.69, 9.17) is 25.9 Å². The number of carboxylic acid groups (broad SMARTS) is 1. The van der Waals surface area contributed by atoms with E-state index in [2.05, 4.69) is 0 Å². The molecule has 0 fully saturated rings. The van der Waals surface area contributed by atoms with Crippen LogP contribution in [0.5, 0.6) is 0 Å². The molecule has 0 saturated carbocycles. The molecule has 0 unspecified atom stereocenters. The summed E-state index contributed by atoms with van der Waals surface area (Å²) in [5, 5.41) is 8.98. The number of hydrogen-bond donors (Lipinski definition) is 1. The monoisotopic (exact) mass is 246 g/mol. The van der Waals surface area contributed by atoms with Crippen molar-refractivity contribution in [2.24, 2.45) is 0 Å². The lowest BCUT2D eigenvalue weighted by atomic mass is 10.1. The molecule has 1 heterocycles. The summed E-state index contributed by atoms with van der Waals surface area (Å²) in [6.45, 7) is 3.30. The van der Waals surface area contributed by atoms with Gasteiger partial charge in [0, 0.05) is 0 Å². The second-order valence-electron chi connectivity index (χ2n) is 2.99. The Morgan fingerprint density at radius 1 is 1.44 bits per heavy atom. The molecule has 0 amide bonds. The number of furan rings is 1. The summed E-state index contributed by atoms with van der Waals surface area (Å²) in [4.78, 5) is 22.5. The second kappa shape index (κ2) is 5.03. The van der Waals surface area contributed by atoms with E-state index < -0.39 is 11.9 Å². The minimum Gasteiger partial charge on any atom is -0.478 e. The van der Waals surface area contributed by atoms with Crippen LogP contribution in [0.2, 0.25) is 0 Å². The van der Waals surface area contributed by atoms with Crippen molar-refractivity contribution in [2.75, 3.05) is 6.61 Å². The van der Waals surface area contributed by atoms with Gasteiger partial charge in [-0.1, -0.05) is 0 Å². The maximum atomic E-state index is 11.5. The quantitative estimate of drug-likeness (QED) is 0.651. The van der Waals surface area contributed by atoms with Crippen molar-refractivity contribution in [2.45, 2.75) is 19.7 Å². The summed E-state index contributed by atoms with van der Waals surface area (Å²) < 4.78 is 9.86. The lowest BCUT2D eigenvalue weighted by Gasteiger charge is -2.01. The molecule has 0 aliphatic carbocycles. The molecule has 0 atom stereocenters. The van der Waals surface area contributed by atoms with Gasteiger partial charge in [-0.3, -0.25) is 0 Å². The average Bonchev–Trinajstić information content (AvgIpc) is 2.55. The van der Waals surface area contributed by atoms with Gasteiger partial charge in [-0.25, -0.2) is 9.59 Å². The maximum Gasteiger partial charge on any atom is 0.342 e. The molecule has 0 radical (unpaired) electrons. The van der Waals surface area contributed by atoms with Crippen molar-refractivity contribution in [1.29, 1.82) is 0 Å². The molecule has 0 saturated heterocycles. The number of carbonyl (C=O) groups is 2. The molecule has 16 heavy (non-hydrogen) atoms. The van der Waals surface area contributed by atoms with Gasteiger partial charge in [0.2, 0.25) is 0 Å². The van der Waals surface area contributed by atoms with Crippen LogP contribution in [0.25, 0.3) is 0 Å². The molecule has 88 valence electrons. The first-order chi connectivity index (χ1) is 7.52. The Hall–Kier alpha value is -1.49. The predicted molar refractivity (Wildman–Crippen MR) is 55.9 cm³/mol. The molecule has 1 rings (SSSR count). The fourth-order valence-electron chi connectivity index (χ4n) is 1.37. The maximum absolute atomic E-state index is 11.5. The fourth-order valence-corrected chi connectivity index (χ4v) is 1.56. The van der Waals surface area contributed by atoms with E-state index in [0.29, 0.717) is 0 Å². The van der Waals surface area contributed by atoms with E-state index in [0.717, 1.165) is 0 Å². The number of alkyl halides is 1. The van der Waals surface area contributed by atoms with Crippen molar-refractivity contribution < 1.29 is 23.8 Å². The molecule has 0 aliphatic rings. The van der Waals surface area contributed by atoms with Crippen LogP contribution in [0.4, 0.5) is 0 Å². The largest absolute Gasteiger partial charge is 0.478 e. The van der Waals surface area contributed by atoms with E-state index in [1.165, 1.54) is 6.92 Å². The Kier molecular flexibility index (Phi) is 3.95. The molecule has 1 aromatic rings. The van der Waals surface area contributed by atoms with Crippen LogP contribution in [0.1, 0.15) is 39.2 Å². The highest BCUT2D eigenvalue weighted by Gasteiger charge is 2.28. The Labute approximate surface area is 96.9 Å². The molecule has 0 spiro atoms. The third kappa shape index (κ3) is 2.19. The van der Waals surface area contributed by atoms with Crippen LogP contribution in [-0.4, -0.2) is 23.7 Å². The van der Waals surface area contributed by atoms with E-state index >= 15 is 0 Å². The predicted octanol–water partition coefficient (Wildman–Crippen LogP) is 2.20. The molecular formula is C10H11ClO5. The van der Waals surface area contributed by atoms with Gasteiger partial charge in [-0.2, -0.15) is 0 Å². The second-order valence-corrected chi connectivity index (χ2v) is 3.26. The first-order valence-corrected chi connectivity index (χ1v) is 5.15. The number of aromatic carboxylic acids is 1. The van der Waals surface area contributed by atoms with E-state index in [1.54, 1.807) is 6.92 Å². The number of hydrogen-bond acceptors (Lipinski definition) is 4. The van der Waals surface area contributed by atoms with Gasteiger partial charge in [0.25, 0.3) is 0 Å². The zero-order chi connectivity index (χ0) is 12.3. The van der Waals surface area contributed by atoms with Crippen LogP contribution in [0.3, 0.4) is 0 Å². The lowest BCUT2D eigenvalue weighted by molar-refractivity contribution is 0.0513. The van der Waals surface area contributed by atoms with Crippen LogP contribution < -0.4 is 0 Å². The SMILES string of the molecule is CCOC(=O)c1c(C)oc(CCl)c1C(=O)O. The Bertz CT molecular complexity index is 421. The summed E-state index contributed by atoms with van der Waals surface area (Å²) in [7, 11) is 0. The van der Waals surface area contributed by atoms with Gasteiger partial charge in [0.15, 0.2) is 0 Å². The van der Waals surface area contributed by atoms with Crippen LogP contribution in [-0.2, 0) is 10.6 Å². The number of esters is 1. The minimum atomic E-state index is -1.25. The topological polar surface area (TPSA) is 76.7 Å². The summed E-state index contributed by atoms with van der Waals surface area (Å²) in [5.74, 6) is -1.81. The van der Waals surface area contributed by atoms with Gasteiger partial charge >= 0.3 is 11.9 Å². The molecular weight excluding hydrogens is 236 g/mol. The molecule has 0 bridgehead atoms.